The number of benzene rings is 2. The zero-order valence-corrected chi connectivity index (χ0v) is 13.8. The van der Waals surface area contributed by atoms with Gasteiger partial charge in [-0.3, -0.25) is 4.79 Å². The van der Waals surface area contributed by atoms with Crippen molar-refractivity contribution in [3.63, 3.8) is 0 Å². The van der Waals surface area contributed by atoms with Gasteiger partial charge in [0.1, 0.15) is 23.3 Å². The Balaban J connectivity index is 1.57. The summed E-state index contributed by atoms with van der Waals surface area (Å²) in [6.07, 6.45) is 1.38. The maximum atomic E-state index is 13.8. The van der Waals surface area contributed by atoms with Gasteiger partial charge in [0.05, 0.1) is 23.5 Å². The highest BCUT2D eigenvalue weighted by atomic mass is 19.1. The number of imidazole rings is 1. The van der Waals surface area contributed by atoms with Crippen molar-refractivity contribution < 1.29 is 18.0 Å². The molecular weight excluding hydrogens is 343 g/mol. The molecule has 26 heavy (non-hydrogen) atoms. The molecule has 0 aliphatic carbocycles. The Morgan fingerprint density at radius 3 is 2.73 bits per heavy atom. The fourth-order valence-corrected chi connectivity index (χ4v) is 3.44. The number of nitrogens with zero attached hydrogens (tertiary/aromatic N) is 2. The first-order chi connectivity index (χ1) is 12.5. The van der Waals surface area contributed by atoms with Crippen LogP contribution in [0.25, 0.3) is 11.0 Å². The first-order valence-corrected chi connectivity index (χ1v) is 8.40. The molecule has 1 fully saturated rings. The lowest BCUT2D eigenvalue weighted by molar-refractivity contribution is -0.131. The summed E-state index contributed by atoms with van der Waals surface area (Å²) in [5.41, 5.74) is 1.36. The number of amides is 1. The molecule has 1 aliphatic rings. The summed E-state index contributed by atoms with van der Waals surface area (Å²) in [6.45, 7) is 0.539. The number of nitrogens with one attached hydrogen (secondary N) is 1. The van der Waals surface area contributed by atoms with E-state index < -0.39 is 11.6 Å². The fraction of sp³-hybridized carbons (Fsp3) is 0.263. The Hall–Kier alpha value is -2.83. The van der Waals surface area contributed by atoms with Crippen LogP contribution in [0.2, 0.25) is 0 Å². The van der Waals surface area contributed by atoms with Gasteiger partial charge in [0.25, 0.3) is 0 Å². The molecule has 2 heterocycles. The van der Waals surface area contributed by atoms with E-state index in [1.807, 2.05) is 0 Å². The Labute approximate surface area is 147 Å². The molecule has 1 amide bonds. The normalized spacial score (nSPS) is 17.2. The molecule has 134 valence electrons. The molecule has 0 bridgehead atoms. The molecule has 1 atom stereocenters. The zero-order chi connectivity index (χ0) is 18.3. The number of halogens is 3. The molecule has 2 aromatic carbocycles. The third-order valence-corrected chi connectivity index (χ3v) is 4.71. The van der Waals surface area contributed by atoms with Gasteiger partial charge in [-0.15, -0.1) is 0 Å². The Bertz CT molecular complexity index is 985. The second-order valence-corrected chi connectivity index (χ2v) is 6.44. The SMILES string of the molecule is O=C(Cc1ccc(F)cc1F)N1CCCC1c1nc2ccc(F)cc2[nH]1. The van der Waals surface area contributed by atoms with Crippen LogP contribution < -0.4 is 0 Å². The van der Waals surface area contributed by atoms with Gasteiger partial charge in [0.2, 0.25) is 5.91 Å². The van der Waals surface area contributed by atoms with E-state index in [2.05, 4.69) is 9.97 Å². The van der Waals surface area contributed by atoms with Crippen molar-refractivity contribution in [2.45, 2.75) is 25.3 Å². The van der Waals surface area contributed by atoms with Crippen LogP contribution in [0.15, 0.2) is 36.4 Å². The van der Waals surface area contributed by atoms with Gasteiger partial charge < -0.3 is 9.88 Å². The van der Waals surface area contributed by atoms with Gasteiger partial charge in [-0.25, -0.2) is 18.2 Å². The van der Waals surface area contributed by atoms with Crippen molar-refractivity contribution in [3.8, 4) is 0 Å². The van der Waals surface area contributed by atoms with Gasteiger partial charge in [0.15, 0.2) is 0 Å². The van der Waals surface area contributed by atoms with Crippen molar-refractivity contribution in [1.82, 2.24) is 14.9 Å². The van der Waals surface area contributed by atoms with E-state index in [0.29, 0.717) is 23.4 Å². The van der Waals surface area contributed by atoms with Gasteiger partial charge in [0, 0.05) is 12.6 Å². The summed E-state index contributed by atoms with van der Waals surface area (Å²) in [5.74, 6) is -1.42. The highest BCUT2D eigenvalue weighted by Crippen LogP contribution is 2.32. The lowest BCUT2D eigenvalue weighted by atomic mass is 10.1. The Morgan fingerprint density at radius 2 is 1.92 bits per heavy atom. The number of aromatic nitrogens is 2. The van der Waals surface area contributed by atoms with Gasteiger partial charge in [-0.2, -0.15) is 0 Å². The van der Waals surface area contributed by atoms with Crippen LogP contribution in [0.4, 0.5) is 13.2 Å². The average molecular weight is 359 g/mol. The summed E-state index contributed by atoms with van der Waals surface area (Å²) in [7, 11) is 0. The Kier molecular flexibility index (Phi) is 4.14. The van der Waals surface area contributed by atoms with Crippen LogP contribution in [0.5, 0.6) is 0 Å². The Morgan fingerprint density at radius 1 is 1.15 bits per heavy atom. The van der Waals surface area contributed by atoms with E-state index in [-0.39, 0.29) is 29.8 Å². The molecule has 1 saturated heterocycles. The lowest BCUT2D eigenvalue weighted by Crippen LogP contribution is -2.32. The van der Waals surface area contributed by atoms with Crippen LogP contribution in [-0.4, -0.2) is 27.3 Å². The molecule has 1 aliphatic heterocycles. The highest BCUT2D eigenvalue weighted by Gasteiger charge is 2.32. The summed E-state index contributed by atoms with van der Waals surface area (Å²) < 4.78 is 40.2. The van der Waals surface area contributed by atoms with Crippen LogP contribution in [0.3, 0.4) is 0 Å². The number of carbonyl (C=O) groups excluding carboxylic acids is 1. The average Bonchev–Trinajstić information content (AvgIpc) is 3.23. The number of hydrogen-bond acceptors (Lipinski definition) is 2. The van der Waals surface area contributed by atoms with Crippen LogP contribution >= 0.6 is 0 Å². The molecule has 4 rings (SSSR count). The first-order valence-electron chi connectivity index (χ1n) is 8.40. The van der Waals surface area contributed by atoms with Crippen LogP contribution in [0, 0.1) is 17.5 Å². The van der Waals surface area contributed by atoms with E-state index in [1.165, 1.54) is 18.2 Å². The third-order valence-electron chi connectivity index (χ3n) is 4.71. The standard InChI is InChI=1S/C19H16F3N3O/c20-12-4-3-11(14(22)9-12)8-18(26)25-7-1-2-17(25)19-23-15-6-5-13(21)10-16(15)24-19/h3-6,9-10,17H,1-2,7-8H2,(H,23,24). The van der Waals surface area contributed by atoms with Crippen molar-refractivity contribution >= 4 is 16.9 Å². The molecular formula is C19H16F3N3O. The maximum absolute atomic E-state index is 13.8. The number of hydrogen-bond donors (Lipinski definition) is 1. The van der Waals surface area contributed by atoms with E-state index in [9.17, 15) is 18.0 Å². The minimum absolute atomic E-state index is 0.141. The van der Waals surface area contributed by atoms with E-state index in [4.69, 9.17) is 0 Å². The quantitative estimate of drug-likeness (QED) is 0.771. The van der Waals surface area contributed by atoms with Gasteiger partial charge >= 0.3 is 0 Å². The zero-order valence-electron chi connectivity index (χ0n) is 13.8. The minimum Gasteiger partial charge on any atom is -0.340 e. The lowest BCUT2D eigenvalue weighted by Gasteiger charge is -2.23. The number of fused-ring (bicyclic) bond motifs is 1. The predicted molar refractivity (Wildman–Crippen MR) is 89.8 cm³/mol. The summed E-state index contributed by atoms with van der Waals surface area (Å²) in [4.78, 5) is 21.9. The fourth-order valence-electron chi connectivity index (χ4n) is 3.44. The van der Waals surface area contributed by atoms with Gasteiger partial charge in [-0.1, -0.05) is 6.07 Å². The third kappa shape index (κ3) is 3.05. The van der Waals surface area contributed by atoms with Crippen molar-refractivity contribution in [1.29, 1.82) is 0 Å². The molecule has 7 heteroatoms. The molecule has 0 radical (unpaired) electrons. The van der Waals surface area contributed by atoms with Crippen LogP contribution in [-0.2, 0) is 11.2 Å². The predicted octanol–water partition coefficient (Wildman–Crippen LogP) is 3.89. The second-order valence-electron chi connectivity index (χ2n) is 6.44. The van der Waals surface area contributed by atoms with Crippen LogP contribution in [0.1, 0.15) is 30.3 Å². The molecule has 1 N–H and O–H groups in total. The largest absolute Gasteiger partial charge is 0.340 e. The molecule has 4 nitrogen and oxygen atoms in total. The van der Waals surface area contributed by atoms with E-state index in [0.717, 1.165) is 25.0 Å². The maximum Gasteiger partial charge on any atom is 0.227 e. The number of aromatic amines is 1. The molecule has 1 unspecified atom stereocenters. The second kappa shape index (κ2) is 6.48. The monoisotopic (exact) mass is 359 g/mol. The summed E-state index contributed by atoms with van der Waals surface area (Å²) in [6, 6.07) is 7.22. The number of rotatable bonds is 3. The first kappa shape index (κ1) is 16.6. The van der Waals surface area contributed by atoms with Crippen molar-refractivity contribution in [2.75, 3.05) is 6.54 Å². The topological polar surface area (TPSA) is 49.0 Å². The highest BCUT2D eigenvalue weighted by molar-refractivity contribution is 5.80. The van der Waals surface area contributed by atoms with Gasteiger partial charge in [-0.05, 0) is 42.7 Å². The van der Waals surface area contributed by atoms with Crippen molar-refractivity contribution in [2.24, 2.45) is 0 Å². The summed E-state index contributed by atoms with van der Waals surface area (Å²) in [5, 5.41) is 0. The van der Waals surface area contributed by atoms with E-state index >= 15 is 0 Å². The molecule has 0 spiro atoms. The molecule has 0 saturated carbocycles. The smallest absolute Gasteiger partial charge is 0.227 e. The number of likely N-dealkylation sites (tertiary alicyclic amines) is 1. The molecule has 1 aromatic heterocycles. The molecule has 3 aromatic rings. The van der Waals surface area contributed by atoms with Crippen molar-refractivity contribution in [3.05, 3.63) is 65.2 Å². The number of carbonyl (C=O) groups is 1. The number of H-pyrrole nitrogens is 1. The minimum atomic E-state index is -0.728. The van der Waals surface area contributed by atoms with E-state index in [1.54, 1.807) is 11.0 Å². The summed E-state index contributed by atoms with van der Waals surface area (Å²) >= 11 is 0.